The summed E-state index contributed by atoms with van der Waals surface area (Å²) in [4.78, 5) is 16.5. The van der Waals surface area contributed by atoms with E-state index in [4.69, 9.17) is 30.6 Å². The molecule has 10 heavy (non-hydrogen) atoms. The Labute approximate surface area is 72.9 Å². The molecule has 0 atom stereocenters. The van der Waals surface area contributed by atoms with Crippen LogP contribution in [0.25, 0.3) is 0 Å². The van der Waals surface area contributed by atoms with Crippen LogP contribution in [-0.2, 0) is 31.7 Å². The predicted octanol–water partition coefficient (Wildman–Crippen LogP) is -0.600. The van der Waals surface area contributed by atoms with Crippen molar-refractivity contribution in [3.05, 3.63) is 30.6 Å². The van der Waals surface area contributed by atoms with Gasteiger partial charge in [-0.05, 0) is 0 Å². The van der Waals surface area contributed by atoms with Crippen molar-refractivity contribution >= 4 is 0 Å². The molecule has 0 aliphatic heterocycles. The van der Waals surface area contributed by atoms with Crippen LogP contribution in [0.5, 0.6) is 0 Å². The fourth-order valence-electron chi connectivity index (χ4n) is 0. The molecular weight excluding hydrogens is 231 g/mol. The van der Waals surface area contributed by atoms with Crippen LogP contribution in [0, 0.1) is 30.6 Å². The summed E-state index contributed by atoms with van der Waals surface area (Å²) in [6.07, 6.45) is 0. The van der Waals surface area contributed by atoms with Gasteiger partial charge in [0, 0.05) is 0 Å². The minimum atomic E-state index is -1.75. The topological polar surface area (TPSA) is 161 Å². The van der Waals surface area contributed by atoms with E-state index in [0.29, 0.717) is 0 Å². The first-order valence-corrected chi connectivity index (χ1v) is 1.10. The first kappa shape index (κ1) is 22.8. The second-order valence-corrected chi connectivity index (χ2v) is 0.447. The smallest absolute Gasteiger partial charge is 2.00 e. The van der Waals surface area contributed by atoms with Gasteiger partial charge in [-0.1, -0.05) is 0 Å². The number of hydrogen-bond donors (Lipinski definition) is 0. The maximum atomic E-state index is 8.25. The van der Waals surface area contributed by atoms with Crippen molar-refractivity contribution in [2.75, 3.05) is 0 Å². The van der Waals surface area contributed by atoms with Gasteiger partial charge in [-0.15, -0.1) is 0 Å². The van der Waals surface area contributed by atoms with Crippen LogP contribution in [0.15, 0.2) is 0 Å². The normalized spacial score (nSPS) is 4.80. The summed E-state index contributed by atoms with van der Waals surface area (Å²) in [5, 5.41) is 29.5. The van der Waals surface area contributed by atoms with Crippen molar-refractivity contribution in [1.82, 2.24) is 0 Å². The predicted molar refractivity (Wildman–Crippen MR) is 21.4 cm³/mol. The van der Waals surface area contributed by atoms with E-state index in [-0.39, 0.29) is 31.7 Å². The van der Waals surface area contributed by atoms with E-state index in [1.807, 2.05) is 0 Å². The zero-order valence-electron chi connectivity index (χ0n) is 4.25. The molecule has 0 spiro atoms. The molecule has 0 N–H and O–H groups in total. The van der Waals surface area contributed by atoms with Crippen molar-refractivity contribution in [3.8, 4) is 0 Å². The summed E-state index contributed by atoms with van der Waals surface area (Å²) in [6.45, 7) is 0. The van der Waals surface area contributed by atoms with Crippen LogP contribution in [0.3, 0.4) is 0 Å². The van der Waals surface area contributed by atoms with Gasteiger partial charge < -0.3 is 36.1 Å². The standard InChI is InChI=1S/2NO3.O.Zr/c2*2-1(3)4;;/q2*-1;-2;+4. The molecule has 0 aromatic rings. The van der Waals surface area contributed by atoms with E-state index in [9.17, 15) is 0 Å². The van der Waals surface area contributed by atoms with E-state index in [0.717, 1.165) is 0 Å². The average Bonchev–Trinajstić information content (AvgIpc) is 1.25. The fraction of sp³-hybridized carbons (Fsp3) is 0. The van der Waals surface area contributed by atoms with Gasteiger partial charge in [0.1, 0.15) is 0 Å². The average molecular weight is 231 g/mol. The largest absolute Gasteiger partial charge is 4.00 e. The van der Waals surface area contributed by atoms with E-state index >= 15 is 0 Å². The van der Waals surface area contributed by atoms with Crippen LogP contribution in [0.4, 0.5) is 0 Å². The van der Waals surface area contributed by atoms with Crippen molar-refractivity contribution < 1.29 is 41.9 Å². The van der Waals surface area contributed by atoms with Crippen LogP contribution in [0.2, 0.25) is 0 Å². The molecule has 0 unspecified atom stereocenters. The van der Waals surface area contributed by atoms with Crippen LogP contribution in [0.1, 0.15) is 0 Å². The molecule has 0 bridgehead atoms. The molecule has 0 aromatic heterocycles. The second-order valence-electron chi connectivity index (χ2n) is 0.447. The Morgan fingerprint density at radius 3 is 0.800 bits per heavy atom. The van der Waals surface area contributed by atoms with E-state index in [2.05, 4.69) is 0 Å². The quantitative estimate of drug-likeness (QED) is 0.399. The van der Waals surface area contributed by atoms with E-state index < -0.39 is 10.2 Å². The molecule has 0 saturated carbocycles. The Morgan fingerprint density at radius 2 is 0.800 bits per heavy atom. The maximum Gasteiger partial charge on any atom is 4.00 e. The summed E-state index contributed by atoms with van der Waals surface area (Å²) in [6, 6.07) is 0. The SMILES string of the molecule is O=[N+]([O-])[O-].O=[N+]([O-])[O-].[O-2].[Zr+4]. The summed E-state index contributed by atoms with van der Waals surface area (Å²) >= 11 is 0. The van der Waals surface area contributed by atoms with Gasteiger partial charge in [0.05, 0.1) is 10.2 Å². The maximum absolute atomic E-state index is 8.25. The molecule has 0 aliphatic carbocycles. The van der Waals surface area contributed by atoms with Gasteiger partial charge >= 0.3 is 26.2 Å². The van der Waals surface area contributed by atoms with E-state index in [1.54, 1.807) is 0 Å². The Morgan fingerprint density at radius 1 is 0.800 bits per heavy atom. The molecule has 56 valence electrons. The number of hydrogen-bond acceptors (Lipinski definition) is 6. The second kappa shape index (κ2) is 15.7. The third-order valence-corrected chi connectivity index (χ3v) is 0. The summed E-state index contributed by atoms with van der Waals surface area (Å²) < 4.78 is 0. The van der Waals surface area contributed by atoms with Crippen molar-refractivity contribution in [1.29, 1.82) is 0 Å². The fourth-order valence-corrected chi connectivity index (χ4v) is 0. The summed E-state index contributed by atoms with van der Waals surface area (Å²) in [7, 11) is 0. The Hall–Kier alpha value is -0.757. The zero-order valence-corrected chi connectivity index (χ0v) is 6.71. The summed E-state index contributed by atoms with van der Waals surface area (Å²) in [5.74, 6) is 0. The van der Waals surface area contributed by atoms with Crippen molar-refractivity contribution in [2.45, 2.75) is 0 Å². The Kier molecular flexibility index (Phi) is 35.9. The number of nitrogens with zero attached hydrogens (tertiary/aromatic N) is 2. The third kappa shape index (κ3) is 493. The monoisotopic (exact) mass is 230 g/mol. The van der Waals surface area contributed by atoms with Crippen LogP contribution < -0.4 is 0 Å². The summed E-state index contributed by atoms with van der Waals surface area (Å²) in [5.41, 5.74) is 0. The molecule has 0 rings (SSSR count). The van der Waals surface area contributed by atoms with Gasteiger partial charge in [0.15, 0.2) is 0 Å². The zero-order chi connectivity index (χ0) is 7.15. The van der Waals surface area contributed by atoms with Crippen LogP contribution >= 0.6 is 0 Å². The molecule has 0 aliphatic rings. The molecule has 0 heterocycles. The number of rotatable bonds is 0. The first-order chi connectivity index (χ1) is 3.46. The van der Waals surface area contributed by atoms with E-state index in [1.165, 1.54) is 0 Å². The molecule has 9 nitrogen and oxygen atoms in total. The molecule has 0 radical (unpaired) electrons. The Balaban J connectivity index is -0.0000000300. The third-order valence-electron chi connectivity index (χ3n) is 0. The van der Waals surface area contributed by atoms with Gasteiger partial charge in [-0.25, -0.2) is 0 Å². The Bertz CT molecular complexity index is 69.6. The molecule has 0 amide bonds. The minimum Gasteiger partial charge on any atom is -2.00 e. The minimum absolute atomic E-state index is 0. The molecule has 0 fully saturated rings. The first-order valence-electron chi connectivity index (χ1n) is 1.10. The van der Waals surface area contributed by atoms with Gasteiger partial charge in [0.25, 0.3) is 0 Å². The molecule has 10 heteroatoms. The van der Waals surface area contributed by atoms with Gasteiger partial charge in [-0.3, -0.25) is 0 Å². The van der Waals surface area contributed by atoms with Crippen LogP contribution in [-0.4, -0.2) is 10.2 Å². The van der Waals surface area contributed by atoms with Crippen molar-refractivity contribution in [2.24, 2.45) is 0 Å². The molecule has 0 saturated heterocycles. The molecular formula is N2O7Zr. The van der Waals surface area contributed by atoms with Gasteiger partial charge in [0.2, 0.25) is 0 Å². The van der Waals surface area contributed by atoms with Gasteiger partial charge in [-0.2, -0.15) is 0 Å². The van der Waals surface area contributed by atoms with Crippen molar-refractivity contribution in [3.63, 3.8) is 0 Å². The molecule has 0 aromatic carbocycles.